The van der Waals surface area contributed by atoms with Crippen molar-refractivity contribution in [2.75, 3.05) is 5.32 Å². The number of ketones is 1. The Balaban J connectivity index is 0. The number of benzene rings is 2. The van der Waals surface area contributed by atoms with Crippen LogP contribution in [0, 0.1) is 18.8 Å². The van der Waals surface area contributed by atoms with E-state index in [9.17, 15) is 9.59 Å². The summed E-state index contributed by atoms with van der Waals surface area (Å²) in [5.41, 5.74) is 3.14. The van der Waals surface area contributed by atoms with Gasteiger partial charge in [0.05, 0.1) is 0 Å². The Morgan fingerprint density at radius 1 is 0.811 bits per heavy atom. The van der Waals surface area contributed by atoms with Crippen molar-refractivity contribution in [1.82, 2.24) is 0 Å². The average molecular weight is 508 g/mol. The van der Waals surface area contributed by atoms with Gasteiger partial charge in [0.1, 0.15) is 12.4 Å². The van der Waals surface area contributed by atoms with Crippen LogP contribution in [-0.4, -0.2) is 11.7 Å². The van der Waals surface area contributed by atoms with Gasteiger partial charge in [-0.15, -0.1) is 12.8 Å². The summed E-state index contributed by atoms with van der Waals surface area (Å²) in [5, 5.41) is 2.89. The summed E-state index contributed by atoms with van der Waals surface area (Å²) in [5.74, 6) is 0.830. The molecule has 0 heterocycles. The van der Waals surface area contributed by atoms with Crippen LogP contribution in [0.2, 0.25) is 0 Å². The first-order chi connectivity index (χ1) is 17.7. The topological polar surface area (TPSA) is 55.4 Å². The lowest BCUT2D eigenvalue weighted by Gasteiger charge is -2.14. The highest BCUT2D eigenvalue weighted by Crippen LogP contribution is 2.24. The van der Waals surface area contributed by atoms with Crippen molar-refractivity contribution < 1.29 is 14.3 Å². The highest BCUT2D eigenvalue weighted by Gasteiger charge is 2.12. The van der Waals surface area contributed by atoms with Crippen molar-refractivity contribution in [2.24, 2.45) is 5.92 Å². The van der Waals surface area contributed by atoms with Crippen LogP contribution in [-0.2, 0) is 20.9 Å². The lowest BCUT2D eigenvalue weighted by Crippen LogP contribution is -2.13. The number of carbonyl (C=O) groups excluding carboxylic acids is 2. The molecule has 0 bridgehead atoms. The molecular weight excluding hydrogens is 458 g/mol. The van der Waals surface area contributed by atoms with Crippen LogP contribution in [0.1, 0.15) is 98.6 Å². The predicted molar refractivity (Wildman–Crippen MR) is 160 cm³/mol. The Morgan fingerprint density at radius 2 is 1.30 bits per heavy atom. The Hall–Kier alpha value is -3.32. The zero-order valence-electron chi connectivity index (χ0n) is 24.4. The molecule has 2 aromatic carbocycles. The van der Waals surface area contributed by atoms with Gasteiger partial charge in [-0.25, -0.2) is 0 Å². The summed E-state index contributed by atoms with van der Waals surface area (Å²) in [4.78, 5) is 23.8. The number of rotatable bonds is 10. The SMILES string of the molecule is C#C.CC(=O)/C(C)=C(/OCc1ccccc1)c1ccc(NC(=O)CC(C)C)cc1.CCCC.CCCC. The lowest BCUT2D eigenvalue weighted by atomic mass is 10.1. The number of carbonyl (C=O) groups is 2. The molecule has 1 N–H and O–H groups in total. The minimum Gasteiger partial charge on any atom is -0.488 e. The second-order valence-electron chi connectivity index (χ2n) is 9.01. The maximum atomic E-state index is 11.9. The molecule has 0 aromatic heterocycles. The van der Waals surface area contributed by atoms with E-state index in [0.717, 1.165) is 16.8 Å². The van der Waals surface area contributed by atoms with Crippen molar-refractivity contribution in [3.05, 3.63) is 71.3 Å². The zero-order chi connectivity index (χ0) is 28.6. The van der Waals surface area contributed by atoms with Crippen LogP contribution in [0.25, 0.3) is 5.76 Å². The first kappa shape index (κ1) is 35.8. The average Bonchev–Trinajstić information content (AvgIpc) is 2.91. The Kier molecular flexibility index (Phi) is 22.4. The van der Waals surface area contributed by atoms with Crippen molar-refractivity contribution in [1.29, 1.82) is 0 Å². The normalized spacial score (nSPS) is 10.2. The number of anilines is 1. The van der Waals surface area contributed by atoms with E-state index in [1.54, 1.807) is 6.92 Å². The van der Waals surface area contributed by atoms with Crippen molar-refractivity contribution in [2.45, 2.75) is 94.1 Å². The summed E-state index contributed by atoms with van der Waals surface area (Å²) in [6.45, 7) is 16.4. The molecule has 0 atom stereocenters. The third-order valence-electron chi connectivity index (χ3n) is 5.12. The molecule has 37 heavy (non-hydrogen) atoms. The number of allylic oxidation sites excluding steroid dienone is 1. The number of Topliss-reactive ketones (excluding diaryl/α,β-unsaturated/α-hetero) is 1. The number of hydrogen-bond acceptors (Lipinski definition) is 3. The molecule has 204 valence electrons. The molecule has 0 saturated heterocycles. The zero-order valence-corrected chi connectivity index (χ0v) is 24.4. The van der Waals surface area contributed by atoms with E-state index in [-0.39, 0.29) is 11.7 Å². The van der Waals surface area contributed by atoms with Gasteiger partial charge in [0.15, 0.2) is 5.78 Å². The molecule has 2 rings (SSSR count). The smallest absolute Gasteiger partial charge is 0.224 e. The van der Waals surface area contributed by atoms with Gasteiger partial charge < -0.3 is 10.1 Å². The fourth-order valence-corrected chi connectivity index (χ4v) is 2.59. The number of hydrogen-bond donors (Lipinski definition) is 1. The van der Waals surface area contributed by atoms with Crippen molar-refractivity contribution >= 4 is 23.1 Å². The minimum absolute atomic E-state index is 0.00578. The van der Waals surface area contributed by atoms with E-state index >= 15 is 0 Å². The standard InChI is InChI=1S/C23H27NO3.2C4H10.C2H2/c1-16(2)14-22(26)24-21-12-10-20(11-13-21)23(17(3)18(4)25)27-15-19-8-6-5-7-9-19;2*1-3-4-2;1-2/h5-13,16H,14-15H2,1-4H3,(H,24,26);2*3-4H2,1-2H3;1-2H/b23-17+;;;. The molecule has 0 fully saturated rings. The summed E-state index contributed by atoms with van der Waals surface area (Å²) >= 11 is 0. The van der Waals surface area contributed by atoms with Gasteiger partial charge in [-0.2, -0.15) is 0 Å². The number of amides is 1. The maximum absolute atomic E-state index is 11.9. The second-order valence-corrected chi connectivity index (χ2v) is 9.01. The lowest BCUT2D eigenvalue weighted by molar-refractivity contribution is -0.117. The van der Waals surface area contributed by atoms with Gasteiger partial charge in [-0.1, -0.05) is 97.6 Å². The van der Waals surface area contributed by atoms with E-state index in [4.69, 9.17) is 4.74 Å². The van der Waals surface area contributed by atoms with Gasteiger partial charge in [-0.05, 0) is 49.6 Å². The molecule has 0 aliphatic heterocycles. The maximum Gasteiger partial charge on any atom is 0.224 e. The Labute approximate surface area is 226 Å². The molecule has 0 spiro atoms. The molecule has 4 nitrogen and oxygen atoms in total. The largest absolute Gasteiger partial charge is 0.488 e. The highest BCUT2D eigenvalue weighted by molar-refractivity contribution is 5.99. The Bertz CT molecular complexity index is 902. The van der Waals surface area contributed by atoms with E-state index < -0.39 is 0 Å². The number of terminal acetylenes is 1. The number of ether oxygens (including phenoxy) is 1. The van der Waals surface area contributed by atoms with Gasteiger partial charge in [0.2, 0.25) is 5.91 Å². The first-order valence-corrected chi connectivity index (χ1v) is 13.3. The van der Waals surface area contributed by atoms with Gasteiger partial charge >= 0.3 is 0 Å². The summed E-state index contributed by atoms with van der Waals surface area (Å²) in [6.07, 6.45) is 13.8. The minimum atomic E-state index is -0.0348. The molecular formula is C33H49NO3. The van der Waals surface area contributed by atoms with E-state index in [1.807, 2.05) is 68.4 Å². The van der Waals surface area contributed by atoms with Crippen LogP contribution in [0.3, 0.4) is 0 Å². The third kappa shape index (κ3) is 17.7. The summed E-state index contributed by atoms with van der Waals surface area (Å²) < 4.78 is 5.98. The fraction of sp³-hybridized carbons (Fsp3) is 0.455. The fourth-order valence-electron chi connectivity index (χ4n) is 2.59. The van der Waals surface area contributed by atoms with Crippen LogP contribution in [0.4, 0.5) is 5.69 Å². The van der Waals surface area contributed by atoms with Crippen molar-refractivity contribution in [3.8, 4) is 12.8 Å². The van der Waals surface area contributed by atoms with Crippen molar-refractivity contribution in [3.63, 3.8) is 0 Å². The monoisotopic (exact) mass is 507 g/mol. The quantitative estimate of drug-likeness (QED) is 0.198. The van der Waals surface area contributed by atoms with Gasteiger partial charge in [0, 0.05) is 23.2 Å². The number of nitrogens with one attached hydrogen (secondary N) is 1. The summed E-state index contributed by atoms with van der Waals surface area (Å²) in [7, 11) is 0. The highest BCUT2D eigenvalue weighted by atomic mass is 16.5. The summed E-state index contributed by atoms with van der Waals surface area (Å²) in [6, 6.07) is 17.2. The second kappa shape index (κ2) is 23.1. The molecule has 0 aliphatic carbocycles. The van der Waals surface area contributed by atoms with Gasteiger partial charge in [-0.3, -0.25) is 9.59 Å². The van der Waals surface area contributed by atoms with E-state index in [0.29, 0.717) is 30.3 Å². The van der Waals surface area contributed by atoms with E-state index in [1.165, 1.54) is 32.6 Å². The first-order valence-electron chi connectivity index (χ1n) is 13.3. The molecule has 0 unspecified atom stereocenters. The molecule has 1 amide bonds. The molecule has 0 aliphatic rings. The van der Waals surface area contributed by atoms with E-state index in [2.05, 4.69) is 45.9 Å². The molecule has 0 saturated carbocycles. The Morgan fingerprint density at radius 3 is 1.70 bits per heavy atom. The van der Waals surface area contributed by atoms with Crippen LogP contribution < -0.4 is 5.32 Å². The van der Waals surface area contributed by atoms with Crippen LogP contribution in [0.5, 0.6) is 0 Å². The molecule has 0 radical (unpaired) electrons. The molecule has 4 heteroatoms. The van der Waals surface area contributed by atoms with Crippen LogP contribution >= 0.6 is 0 Å². The van der Waals surface area contributed by atoms with Crippen LogP contribution in [0.15, 0.2) is 60.2 Å². The van der Waals surface area contributed by atoms with Gasteiger partial charge in [0.25, 0.3) is 0 Å². The predicted octanol–water partition coefficient (Wildman–Crippen LogP) is 9.07. The molecule has 2 aromatic rings. The third-order valence-corrected chi connectivity index (χ3v) is 5.12. The number of unbranched alkanes of at least 4 members (excludes halogenated alkanes) is 2.